The van der Waals surface area contributed by atoms with Crippen molar-refractivity contribution in [2.24, 2.45) is 0 Å². The maximum Gasteiger partial charge on any atom is 0.335 e. The Morgan fingerprint density at radius 2 is 1.52 bits per heavy atom. The first-order valence-electron chi connectivity index (χ1n) is 13.7. The number of carbonyl (C=O) groups is 3. The second-order valence-electron chi connectivity index (χ2n) is 9.63. The maximum atomic E-state index is 13.4. The van der Waals surface area contributed by atoms with Crippen molar-refractivity contribution in [3.8, 4) is 23.0 Å². The number of hydrogen-bond donors (Lipinski definition) is 1. The van der Waals surface area contributed by atoms with Crippen LogP contribution in [0.25, 0.3) is 6.08 Å². The molecule has 0 atom stereocenters. The number of benzene rings is 4. The van der Waals surface area contributed by atoms with Crippen LogP contribution >= 0.6 is 0 Å². The molecule has 0 aromatic heterocycles. The van der Waals surface area contributed by atoms with E-state index in [1.165, 1.54) is 36.4 Å². The minimum absolute atomic E-state index is 0.0340. The first-order valence-corrected chi connectivity index (χ1v) is 13.7. The summed E-state index contributed by atoms with van der Waals surface area (Å²) in [5.74, 6) is -1.40. The summed E-state index contributed by atoms with van der Waals surface area (Å²) < 4.78 is 17.1. The summed E-state index contributed by atoms with van der Waals surface area (Å²) in [5, 5.41) is 24.8. The molecule has 4 aromatic carbocycles. The fourth-order valence-corrected chi connectivity index (χ4v) is 4.42. The van der Waals surface area contributed by atoms with E-state index in [0.717, 1.165) is 28.7 Å². The number of hydrogen-bond acceptors (Lipinski definition) is 10. The number of urea groups is 1. The average molecular weight is 625 g/mol. The number of barbiturate groups is 1. The van der Waals surface area contributed by atoms with Gasteiger partial charge in [-0.1, -0.05) is 36.4 Å². The van der Waals surface area contributed by atoms with Gasteiger partial charge in [-0.15, -0.1) is 0 Å². The number of rotatable bonds is 11. The molecule has 0 spiro atoms. The molecule has 0 radical (unpaired) electrons. The topological polar surface area (TPSA) is 180 Å². The van der Waals surface area contributed by atoms with Gasteiger partial charge in [0.15, 0.2) is 11.5 Å². The van der Waals surface area contributed by atoms with E-state index in [9.17, 15) is 34.6 Å². The van der Waals surface area contributed by atoms with Crippen LogP contribution < -0.4 is 24.4 Å². The summed E-state index contributed by atoms with van der Waals surface area (Å²) in [6.45, 7) is 2.16. The summed E-state index contributed by atoms with van der Waals surface area (Å²) in [5.41, 5.74) is 0.0217. The van der Waals surface area contributed by atoms with E-state index in [-0.39, 0.29) is 35.1 Å². The van der Waals surface area contributed by atoms with Crippen LogP contribution in [0.4, 0.5) is 21.9 Å². The largest absolute Gasteiger partial charge is 0.490 e. The van der Waals surface area contributed by atoms with Crippen molar-refractivity contribution in [3.63, 3.8) is 0 Å². The fraction of sp³-hybridized carbons (Fsp3) is 0.0938. The number of nitro groups is 2. The number of non-ortho nitro benzene ring substituents is 1. The van der Waals surface area contributed by atoms with E-state index in [0.29, 0.717) is 17.9 Å². The van der Waals surface area contributed by atoms with Gasteiger partial charge in [0.1, 0.15) is 17.9 Å². The third-order valence-corrected chi connectivity index (χ3v) is 6.59. The molecular weight excluding hydrogens is 600 g/mol. The summed E-state index contributed by atoms with van der Waals surface area (Å²) in [6.07, 6.45) is 1.26. The minimum Gasteiger partial charge on any atom is -0.490 e. The normalized spacial score (nSPS) is 13.7. The smallest absolute Gasteiger partial charge is 0.335 e. The third-order valence-electron chi connectivity index (χ3n) is 6.59. The van der Waals surface area contributed by atoms with Crippen molar-refractivity contribution in [2.45, 2.75) is 13.5 Å². The maximum absolute atomic E-state index is 13.4. The molecule has 0 saturated carbocycles. The molecule has 4 aromatic rings. The van der Waals surface area contributed by atoms with Crippen LogP contribution in [0.2, 0.25) is 0 Å². The van der Waals surface area contributed by atoms with Crippen LogP contribution in [0.15, 0.2) is 96.6 Å². The Bertz CT molecular complexity index is 1870. The van der Waals surface area contributed by atoms with E-state index in [4.69, 9.17) is 14.2 Å². The quantitative estimate of drug-likeness (QED) is 0.0908. The highest BCUT2D eigenvalue weighted by atomic mass is 16.6. The van der Waals surface area contributed by atoms with Gasteiger partial charge in [-0.05, 0) is 66.6 Å². The lowest BCUT2D eigenvalue weighted by atomic mass is 10.1. The van der Waals surface area contributed by atoms with Crippen LogP contribution in [-0.4, -0.2) is 34.3 Å². The van der Waals surface area contributed by atoms with Crippen molar-refractivity contribution in [1.29, 1.82) is 0 Å². The van der Waals surface area contributed by atoms with Crippen LogP contribution in [0.1, 0.15) is 18.1 Å². The Kier molecular flexibility index (Phi) is 8.98. The average Bonchev–Trinajstić information content (AvgIpc) is 3.04. The lowest BCUT2D eigenvalue weighted by Gasteiger charge is -2.26. The van der Waals surface area contributed by atoms with E-state index in [2.05, 4.69) is 5.32 Å². The molecule has 0 bridgehead atoms. The van der Waals surface area contributed by atoms with E-state index >= 15 is 0 Å². The Labute approximate surface area is 260 Å². The first-order chi connectivity index (χ1) is 22.1. The zero-order valence-corrected chi connectivity index (χ0v) is 24.1. The van der Waals surface area contributed by atoms with Crippen LogP contribution in [0, 0.1) is 20.2 Å². The Hall–Kier alpha value is -6.57. The Morgan fingerprint density at radius 1 is 0.804 bits per heavy atom. The molecule has 0 unspecified atom stereocenters. The summed E-state index contributed by atoms with van der Waals surface area (Å²) in [6, 6.07) is 22.0. The Balaban J connectivity index is 1.38. The van der Waals surface area contributed by atoms with Crippen molar-refractivity contribution in [3.05, 3.63) is 128 Å². The molecule has 14 nitrogen and oxygen atoms in total. The summed E-state index contributed by atoms with van der Waals surface area (Å²) in [4.78, 5) is 60.7. The number of nitrogens with one attached hydrogen (secondary N) is 1. The zero-order valence-electron chi connectivity index (χ0n) is 24.1. The molecule has 5 rings (SSSR count). The van der Waals surface area contributed by atoms with Crippen molar-refractivity contribution in [1.82, 2.24) is 5.32 Å². The predicted molar refractivity (Wildman–Crippen MR) is 164 cm³/mol. The highest BCUT2D eigenvalue weighted by Crippen LogP contribution is 2.39. The number of ether oxygens (including phenoxy) is 3. The van der Waals surface area contributed by atoms with Gasteiger partial charge in [0.25, 0.3) is 17.5 Å². The van der Waals surface area contributed by atoms with Gasteiger partial charge in [0.05, 0.1) is 28.2 Å². The molecule has 232 valence electrons. The molecule has 46 heavy (non-hydrogen) atoms. The Morgan fingerprint density at radius 3 is 2.20 bits per heavy atom. The van der Waals surface area contributed by atoms with Gasteiger partial charge in [-0.25, -0.2) is 9.69 Å². The standard InChI is InChI=1S/C32H24N4O10/c1-2-44-29-17-21(8-14-28(29)46-27-15-11-23(35(40)41)18-26(27)36(42)43)16-25-30(37)33-32(39)34(31(25)38)22-9-12-24(13-10-22)45-19-20-6-4-3-5-7-20/h3-18H,2,19H2,1H3,(H,33,37,39)/b25-16+. The molecule has 1 aliphatic rings. The number of nitrogens with zero attached hydrogens (tertiary/aromatic N) is 3. The van der Waals surface area contributed by atoms with E-state index in [1.54, 1.807) is 19.1 Å². The minimum atomic E-state index is -0.923. The molecule has 1 saturated heterocycles. The van der Waals surface area contributed by atoms with E-state index < -0.39 is 39.1 Å². The van der Waals surface area contributed by atoms with Crippen molar-refractivity contribution < 1.29 is 38.4 Å². The highest BCUT2D eigenvalue weighted by Gasteiger charge is 2.37. The van der Waals surface area contributed by atoms with Crippen LogP contribution in [0.5, 0.6) is 23.0 Å². The van der Waals surface area contributed by atoms with E-state index in [1.807, 2.05) is 30.3 Å². The van der Waals surface area contributed by atoms with Gasteiger partial charge in [0.2, 0.25) is 5.75 Å². The number of nitro benzene ring substituents is 2. The van der Waals surface area contributed by atoms with Gasteiger partial charge in [0, 0.05) is 6.07 Å². The number of imide groups is 2. The molecule has 0 aliphatic carbocycles. The first kappa shape index (κ1) is 30.9. The molecule has 1 heterocycles. The van der Waals surface area contributed by atoms with Crippen molar-refractivity contribution >= 4 is 41.0 Å². The van der Waals surface area contributed by atoms with Crippen molar-refractivity contribution in [2.75, 3.05) is 11.5 Å². The molecule has 14 heteroatoms. The number of carbonyl (C=O) groups excluding carboxylic acids is 3. The lowest BCUT2D eigenvalue weighted by Crippen LogP contribution is -2.54. The monoisotopic (exact) mass is 624 g/mol. The zero-order chi connectivity index (χ0) is 32.8. The summed E-state index contributed by atoms with van der Waals surface area (Å²) >= 11 is 0. The molecule has 1 N–H and O–H groups in total. The van der Waals surface area contributed by atoms with Crippen LogP contribution in [-0.2, 0) is 16.2 Å². The number of anilines is 1. The second kappa shape index (κ2) is 13.4. The molecular formula is C32H24N4O10. The SMILES string of the molecule is CCOc1cc(/C=C2\C(=O)NC(=O)N(c3ccc(OCc4ccccc4)cc3)C2=O)ccc1Oc1ccc([N+](=O)[O-])cc1[N+](=O)[O-]. The lowest BCUT2D eigenvalue weighted by molar-refractivity contribution is -0.394. The molecule has 4 amide bonds. The second-order valence-corrected chi connectivity index (χ2v) is 9.63. The van der Waals surface area contributed by atoms with Gasteiger partial charge in [-0.3, -0.25) is 35.1 Å². The number of amides is 4. The van der Waals surface area contributed by atoms with Gasteiger partial charge < -0.3 is 14.2 Å². The molecule has 1 fully saturated rings. The predicted octanol–water partition coefficient (Wildman–Crippen LogP) is 5.94. The highest BCUT2D eigenvalue weighted by molar-refractivity contribution is 6.39. The third kappa shape index (κ3) is 6.81. The fourth-order valence-electron chi connectivity index (χ4n) is 4.42. The van der Waals surface area contributed by atoms with Gasteiger partial charge in [-0.2, -0.15) is 0 Å². The van der Waals surface area contributed by atoms with Gasteiger partial charge >= 0.3 is 11.7 Å². The molecule has 1 aliphatic heterocycles. The summed E-state index contributed by atoms with van der Waals surface area (Å²) in [7, 11) is 0. The van der Waals surface area contributed by atoms with Crippen LogP contribution in [0.3, 0.4) is 0 Å².